The fraction of sp³-hybridized carbons (Fsp3) is 0.429. The number of carbonyl (C=O) groups is 1. The number of primary amides is 1. The second kappa shape index (κ2) is 8.65. The molecule has 0 bridgehead atoms. The van der Waals surface area contributed by atoms with Crippen molar-refractivity contribution in [3.05, 3.63) is 64.9 Å². The van der Waals surface area contributed by atoms with E-state index in [1.807, 2.05) is 30.3 Å². The first kappa shape index (κ1) is 20.4. The van der Waals surface area contributed by atoms with E-state index >= 15 is 0 Å². The minimum atomic E-state index is -0.992. The number of rotatable bonds is 8. The Bertz CT molecular complexity index is 708. The van der Waals surface area contributed by atoms with E-state index in [0.717, 1.165) is 12.1 Å². The number of hydrogen-bond acceptors (Lipinski definition) is 3. The Morgan fingerprint density at radius 2 is 1.73 bits per heavy atom. The Balaban J connectivity index is 2.53. The van der Waals surface area contributed by atoms with Gasteiger partial charge in [0.2, 0.25) is 5.91 Å². The van der Waals surface area contributed by atoms with Gasteiger partial charge in [-0.15, -0.1) is 0 Å². The number of benzene rings is 1. The summed E-state index contributed by atoms with van der Waals surface area (Å²) < 4.78 is 0. The first-order valence-electron chi connectivity index (χ1n) is 9.02. The van der Waals surface area contributed by atoms with Gasteiger partial charge in [-0.25, -0.2) is 0 Å². The smallest absolute Gasteiger partial charge is 0.234 e. The molecule has 0 spiro atoms. The van der Waals surface area contributed by atoms with Crippen LogP contribution in [0.25, 0.3) is 0 Å². The van der Waals surface area contributed by atoms with E-state index in [9.17, 15) is 4.79 Å². The van der Waals surface area contributed by atoms with Gasteiger partial charge in [-0.05, 0) is 63.9 Å². The average molecular weight is 374 g/mol. The summed E-state index contributed by atoms with van der Waals surface area (Å²) in [5.41, 5.74) is 6.48. The van der Waals surface area contributed by atoms with E-state index in [1.165, 1.54) is 0 Å². The van der Waals surface area contributed by atoms with Crippen LogP contribution in [0.5, 0.6) is 0 Å². The quantitative estimate of drug-likeness (QED) is 0.760. The molecule has 0 fully saturated rings. The molecule has 0 saturated heterocycles. The molecule has 1 amide bonds. The second-order valence-corrected chi connectivity index (χ2v) is 7.60. The van der Waals surface area contributed by atoms with Crippen molar-refractivity contribution in [1.82, 2.24) is 9.88 Å². The average Bonchev–Trinajstić information content (AvgIpc) is 2.59. The van der Waals surface area contributed by atoms with Crippen molar-refractivity contribution < 1.29 is 4.79 Å². The number of hydrogen-bond donors (Lipinski definition) is 1. The van der Waals surface area contributed by atoms with Gasteiger partial charge in [-0.2, -0.15) is 0 Å². The Hall–Kier alpha value is -1.91. The van der Waals surface area contributed by atoms with E-state index in [2.05, 4.69) is 37.6 Å². The number of aromatic nitrogens is 1. The highest BCUT2D eigenvalue weighted by Crippen LogP contribution is 2.35. The molecule has 0 aliphatic carbocycles. The number of nitrogens with two attached hydrogens (primary N) is 1. The summed E-state index contributed by atoms with van der Waals surface area (Å²) in [7, 11) is 0. The largest absolute Gasteiger partial charge is 0.369 e. The first-order chi connectivity index (χ1) is 12.3. The normalized spacial score (nSPS) is 14.0. The monoisotopic (exact) mass is 373 g/mol. The van der Waals surface area contributed by atoms with E-state index in [1.54, 1.807) is 18.3 Å². The van der Waals surface area contributed by atoms with Crippen molar-refractivity contribution in [3.63, 3.8) is 0 Å². The maximum absolute atomic E-state index is 12.8. The lowest BCUT2D eigenvalue weighted by molar-refractivity contribution is -0.122. The standard InChI is InChI=1S/C21H28ClN3O/c1-15(2)25(16(3)4)14-12-21(20(23)26,19-7-5-6-13-24-19)17-8-10-18(22)11-9-17/h5-11,13,15-16H,12,14H2,1-4H3,(H2,23,26). The number of halogens is 1. The Labute approximate surface area is 161 Å². The second-order valence-electron chi connectivity index (χ2n) is 7.17. The van der Waals surface area contributed by atoms with E-state index < -0.39 is 11.3 Å². The fourth-order valence-corrected chi connectivity index (χ4v) is 3.70. The minimum Gasteiger partial charge on any atom is -0.369 e. The van der Waals surface area contributed by atoms with Crippen molar-refractivity contribution in [3.8, 4) is 0 Å². The Morgan fingerprint density at radius 1 is 1.12 bits per heavy atom. The molecule has 4 nitrogen and oxygen atoms in total. The molecule has 2 aromatic rings. The van der Waals surface area contributed by atoms with Crippen LogP contribution >= 0.6 is 11.6 Å². The van der Waals surface area contributed by atoms with Crippen LogP contribution in [0.1, 0.15) is 45.4 Å². The summed E-state index contributed by atoms with van der Waals surface area (Å²) in [5.74, 6) is -0.397. The third-order valence-corrected chi connectivity index (χ3v) is 5.18. The zero-order valence-corrected chi connectivity index (χ0v) is 16.7. The molecule has 5 heteroatoms. The predicted octanol–water partition coefficient (Wildman–Crippen LogP) is 4.02. The summed E-state index contributed by atoms with van der Waals surface area (Å²) in [6, 6.07) is 13.7. The summed E-state index contributed by atoms with van der Waals surface area (Å²) in [5, 5.41) is 0.624. The molecule has 2 N–H and O–H groups in total. The van der Waals surface area contributed by atoms with Gasteiger partial charge in [0.05, 0.1) is 5.69 Å². The fourth-order valence-electron chi connectivity index (χ4n) is 3.57. The van der Waals surface area contributed by atoms with Crippen LogP contribution in [0.15, 0.2) is 48.7 Å². The lowest BCUT2D eigenvalue weighted by Gasteiger charge is -2.36. The molecule has 1 aromatic heterocycles. The molecule has 1 aromatic carbocycles. The highest BCUT2D eigenvalue weighted by Gasteiger charge is 2.42. The van der Waals surface area contributed by atoms with Gasteiger partial charge in [-0.3, -0.25) is 14.7 Å². The summed E-state index contributed by atoms with van der Waals surface area (Å²) in [6.07, 6.45) is 2.25. The molecular weight excluding hydrogens is 346 g/mol. The van der Waals surface area contributed by atoms with Gasteiger partial charge in [0.25, 0.3) is 0 Å². The lowest BCUT2D eigenvalue weighted by Crippen LogP contribution is -2.47. The summed E-state index contributed by atoms with van der Waals surface area (Å²) in [4.78, 5) is 19.6. The number of pyridine rings is 1. The van der Waals surface area contributed by atoms with Crippen molar-refractivity contribution in [1.29, 1.82) is 0 Å². The van der Waals surface area contributed by atoms with E-state index in [0.29, 0.717) is 29.2 Å². The van der Waals surface area contributed by atoms with Crippen molar-refractivity contribution in [2.75, 3.05) is 6.54 Å². The minimum absolute atomic E-state index is 0.370. The maximum Gasteiger partial charge on any atom is 0.234 e. The van der Waals surface area contributed by atoms with Gasteiger partial charge in [0, 0.05) is 29.8 Å². The molecule has 0 aliphatic heterocycles. The molecule has 0 radical (unpaired) electrons. The van der Waals surface area contributed by atoms with Gasteiger partial charge in [0.1, 0.15) is 5.41 Å². The lowest BCUT2D eigenvalue weighted by atomic mass is 9.73. The first-order valence-corrected chi connectivity index (χ1v) is 9.40. The van der Waals surface area contributed by atoms with Crippen molar-refractivity contribution in [2.24, 2.45) is 5.73 Å². The third-order valence-electron chi connectivity index (χ3n) is 4.93. The number of amides is 1. The third kappa shape index (κ3) is 4.25. The molecule has 0 aliphatic rings. The number of carbonyl (C=O) groups excluding carboxylic acids is 1. The van der Waals surface area contributed by atoms with E-state index in [-0.39, 0.29) is 0 Å². The van der Waals surface area contributed by atoms with Gasteiger partial charge in [0.15, 0.2) is 0 Å². The SMILES string of the molecule is CC(C)N(CCC(C(N)=O)(c1ccc(Cl)cc1)c1ccccn1)C(C)C. The topological polar surface area (TPSA) is 59.2 Å². The Morgan fingerprint density at radius 3 is 2.19 bits per heavy atom. The van der Waals surface area contributed by atoms with Gasteiger partial charge >= 0.3 is 0 Å². The van der Waals surface area contributed by atoms with Crippen LogP contribution in [-0.4, -0.2) is 34.4 Å². The van der Waals surface area contributed by atoms with Crippen LogP contribution in [0.2, 0.25) is 5.02 Å². The maximum atomic E-state index is 12.8. The van der Waals surface area contributed by atoms with Crippen LogP contribution < -0.4 is 5.73 Å². The molecule has 1 atom stereocenters. The molecule has 26 heavy (non-hydrogen) atoms. The van der Waals surface area contributed by atoms with Crippen LogP contribution in [0, 0.1) is 0 Å². The molecule has 1 unspecified atom stereocenters. The van der Waals surface area contributed by atoms with Gasteiger partial charge < -0.3 is 5.73 Å². The zero-order valence-electron chi connectivity index (χ0n) is 15.9. The highest BCUT2D eigenvalue weighted by atomic mass is 35.5. The highest BCUT2D eigenvalue weighted by molar-refractivity contribution is 6.30. The predicted molar refractivity (Wildman–Crippen MR) is 107 cm³/mol. The van der Waals surface area contributed by atoms with Crippen LogP contribution in [0.4, 0.5) is 0 Å². The van der Waals surface area contributed by atoms with Crippen molar-refractivity contribution in [2.45, 2.75) is 51.6 Å². The van der Waals surface area contributed by atoms with E-state index in [4.69, 9.17) is 17.3 Å². The van der Waals surface area contributed by atoms with Crippen LogP contribution in [-0.2, 0) is 10.2 Å². The summed E-state index contributed by atoms with van der Waals surface area (Å²) in [6.45, 7) is 9.38. The number of nitrogens with zero attached hydrogens (tertiary/aromatic N) is 2. The van der Waals surface area contributed by atoms with Crippen LogP contribution in [0.3, 0.4) is 0 Å². The summed E-state index contributed by atoms with van der Waals surface area (Å²) >= 11 is 6.06. The zero-order chi connectivity index (χ0) is 19.3. The van der Waals surface area contributed by atoms with Crippen molar-refractivity contribution >= 4 is 17.5 Å². The molecule has 1 heterocycles. The molecule has 140 valence electrons. The Kier molecular flexibility index (Phi) is 6.79. The molecular formula is C21H28ClN3O. The van der Waals surface area contributed by atoms with Gasteiger partial charge in [-0.1, -0.05) is 29.8 Å². The molecule has 2 rings (SSSR count). The molecule has 0 saturated carbocycles.